The van der Waals surface area contributed by atoms with Crippen LogP contribution in [0.5, 0.6) is 0 Å². The molecule has 6 heteroatoms. The molecule has 0 radical (unpaired) electrons. The zero-order valence-electron chi connectivity index (χ0n) is 13.2. The minimum Gasteiger partial charge on any atom is -0.394 e. The van der Waals surface area contributed by atoms with Gasteiger partial charge in [-0.2, -0.15) is 0 Å². The molecule has 2 aromatic rings. The molecule has 118 valence electrons. The highest BCUT2D eigenvalue weighted by Crippen LogP contribution is 2.20. The maximum Gasteiger partial charge on any atom is 0.273 e. The number of carbonyl (C=O) groups is 1. The zero-order chi connectivity index (χ0) is 16.2. The molecule has 2 N–H and O–H groups in total. The van der Waals surface area contributed by atoms with E-state index in [0.29, 0.717) is 6.42 Å². The van der Waals surface area contributed by atoms with Crippen molar-refractivity contribution >= 4 is 5.91 Å². The first-order valence-electron chi connectivity index (χ1n) is 7.28. The number of para-hydroxylation sites is 1. The highest BCUT2D eigenvalue weighted by molar-refractivity contribution is 5.92. The molecule has 0 aliphatic rings. The maximum atomic E-state index is 12.2. The number of aliphatic hydroxyl groups is 1. The van der Waals surface area contributed by atoms with Crippen LogP contribution in [-0.2, 0) is 0 Å². The third-order valence-electron chi connectivity index (χ3n) is 3.16. The van der Waals surface area contributed by atoms with Gasteiger partial charge in [0.25, 0.3) is 5.91 Å². The van der Waals surface area contributed by atoms with E-state index < -0.39 is 0 Å². The summed E-state index contributed by atoms with van der Waals surface area (Å²) in [5.41, 5.74) is 1.08. The Morgan fingerprint density at radius 2 is 2.00 bits per heavy atom. The first-order chi connectivity index (χ1) is 10.4. The molecule has 0 aliphatic carbocycles. The number of rotatable bonds is 5. The molecular formula is C16H22N4O2. The standard InChI is InChI=1S/C16H22N4O2/c1-16(2,3)9-12(11-21)17-15(22)14-10-20(19-18-14)13-7-5-4-6-8-13/h4-8,10,12,21H,9,11H2,1-3H3,(H,17,22). The topological polar surface area (TPSA) is 80.0 Å². The fourth-order valence-electron chi connectivity index (χ4n) is 2.23. The second kappa shape index (κ2) is 6.70. The third kappa shape index (κ3) is 4.39. The quantitative estimate of drug-likeness (QED) is 0.882. The molecule has 1 aromatic carbocycles. The van der Waals surface area contributed by atoms with Crippen LogP contribution in [-0.4, -0.2) is 38.7 Å². The van der Waals surface area contributed by atoms with Crippen LogP contribution in [0.3, 0.4) is 0 Å². The van der Waals surface area contributed by atoms with Crippen molar-refractivity contribution in [2.45, 2.75) is 33.2 Å². The van der Waals surface area contributed by atoms with Crippen LogP contribution in [0, 0.1) is 5.41 Å². The number of hydrogen-bond acceptors (Lipinski definition) is 4. The van der Waals surface area contributed by atoms with E-state index in [0.717, 1.165) is 5.69 Å². The molecule has 0 saturated carbocycles. The van der Waals surface area contributed by atoms with Gasteiger partial charge >= 0.3 is 0 Å². The second-order valence-electron chi connectivity index (χ2n) is 6.50. The highest BCUT2D eigenvalue weighted by atomic mass is 16.3. The van der Waals surface area contributed by atoms with Crippen LogP contribution in [0.1, 0.15) is 37.7 Å². The summed E-state index contributed by atoms with van der Waals surface area (Å²) >= 11 is 0. The van der Waals surface area contributed by atoms with E-state index in [2.05, 4.69) is 36.4 Å². The number of aromatic nitrogens is 3. The molecular weight excluding hydrogens is 280 g/mol. The minimum atomic E-state index is -0.328. The lowest BCUT2D eigenvalue weighted by atomic mass is 9.88. The summed E-state index contributed by atoms with van der Waals surface area (Å²) < 4.78 is 1.55. The van der Waals surface area contributed by atoms with Crippen LogP contribution in [0.2, 0.25) is 0 Å². The lowest BCUT2D eigenvalue weighted by Gasteiger charge is -2.25. The van der Waals surface area contributed by atoms with Crippen molar-refractivity contribution in [3.63, 3.8) is 0 Å². The molecule has 0 saturated heterocycles. The van der Waals surface area contributed by atoms with Crippen molar-refractivity contribution in [1.82, 2.24) is 20.3 Å². The molecule has 22 heavy (non-hydrogen) atoms. The predicted octanol–water partition coefficient (Wildman–Crippen LogP) is 1.79. The Morgan fingerprint density at radius 3 is 2.59 bits per heavy atom. The van der Waals surface area contributed by atoms with Gasteiger partial charge in [0, 0.05) is 0 Å². The first kappa shape index (κ1) is 16.2. The molecule has 1 unspecified atom stereocenters. The van der Waals surface area contributed by atoms with E-state index in [4.69, 9.17) is 0 Å². The van der Waals surface area contributed by atoms with E-state index in [1.807, 2.05) is 30.3 Å². The van der Waals surface area contributed by atoms with Crippen LogP contribution in [0.4, 0.5) is 0 Å². The zero-order valence-corrected chi connectivity index (χ0v) is 13.2. The lowest BCUT2D eigenvalue weighted by molar-refractivity contribution is 0.0892. The molecule has 2 rings (SSSR count). The minimum absolute atomic E-state index is 0.0162. The van der Waals surface area contributed by atoms with Gasteiger partial charge in [-0.1, -0.05) is 44.2 Å². The Kier molecular flexibility index (Phi) is 4.92. The fourth-order valence-corrected chi connectivity index (χ4v) is 2.23. The van der Waals surface area contributed by atoms with E-state index in [-0.39, 0.29) is 29.7 Å². The van der Waals surface area contributed by atoms with Gasteiger partial charge in [-0.15, -0.1) is 5.10 Å². The van der Waals surface area contributed by atoms with Crippen molar-refractivity contribution in [2.75, 3.05) is 6.61 Å². The smallest absolute Gasteiger partial charge is 0.273 e. The Hall–Kier alpha value is -2.21. The van der Waals surface area contributed by atoms with Crippen molar-refractivity contribution < 1.29 is 9.90 Å². The van der Waals surface area contributed by atoms with E-state index in [1.165, 1.54) is 0 Å². The summed E-state index contributed by atoms with van der Waals surface area (Å²) in [6, 6.07) is 9.16. The number of aliphatic hydroxyl groups excluding tert-OH is 1. The summed E-state index contributed by atoms with van der Waals surface area (Å²) in [5.74, 6) is -0.328. The number of nitrogens with one attached hydrogen (secondary N) is 1. The molecule has 0 spiro atoms. The summed E-state index contributed by atoms with van der Waals surface area (Å²) in [7, 11) is 0. The summed E-state index contributed by atoms with van der Waals surface area (Å²) in [6.07, 6.45) is 2.26. The number of nitrogens with zero attached hydrogens (tertiary/aromatic N) is 3. The van der Waals surface area contributed by atoms with Crippen LogP contribution < -0.4 is 5.32 Å². The molecule has 1 heterocycles. The van der Waals surface area contributed by atoms with Crippen molar-refractivity contribution in [3.05, 3.63) is 42.2 Å². The van der Waals surface area contributed by atoms with Gasteiger partial charge in [-0.3, -0.25) is 4.79 Å². The van der Waals surface area contributed by atoms with Crippen LogP contribution in [0.15, 0.2) is 36.5 Å². The monoisotopic (exact) mass is 302 g/mol. The average molecular weight is 302 g/mol. The Balaban J connectivity index is 2.06. The van der Waals surface area contributed by atoms with Gasteiger partial charge in [0.05, 0.1) is 24.5 Å². The second-order valence-corrected chi connectivity index (χ2v) is 6.50. The molecule has 1 aromatic heterocycles. The van der Waals surface area contributed by atoms with Crippen molar-refractivity contribution in [2.24, 2.45) is 5.41 Å². The third-order valence-corrected chi connectivity index (χ3v) is 3.16. The van der Waals surface area contributed by atoms with Crippen molar-refractivity contribution in [3.8, 4) is 5.69 Å². The Labute approximate surface area is 130 Å². The SMILES string of the molecule is CC(C)(C)CC(CO)NC(=O)c1cn(-c2ccccc2)nn1. The number of hydrogen-bond donors (Lipinski definition) is 2. The highest BCUT2D eigenvalue weighted by Gasteiger charge is 2.21. The summed E-state index contributed by atoms with van der Waals surface area (Å²) in [5, 5.41) is 20.1. The first-order valence-corrected chi connectivity index (χ1v) is 7.28. The van der Waals surface area contributed by atoms with Crippen LogP contribution >= 0.6 is 0 Å². The number of benzene rings is 1. The largest absolute Gasteiger partial charge is 0.394 e. The average Bonchev–Trinajstić information content (AvgIpc) is 2.96. The molecule has 6 nitrogen and oxygen atoms in total. The number of carbonyl (C=O) groups excluding carboxylic acids is 1. The van der Waals surface area contributed by atoms with Gasteiger partial charge < -0.3 is 10.4 Å². The number of amides is 1. The van der Waals surface area contributed by atoms with Crippen molar-refractivity contribution in [1.29, 1.82) is 0 Å². The van der Waals surface area contributed by atoms with E-state index in [9.17, 15) is 9.90 Å². The van der Waals surface area contributed by atoms with E-state index in [1.54, 1.807) is 10.9 Å². The van der Waals surface area contributed by atoms with E-state index >= 15 is 0 Å². The predicted molar refractivity (Wildman–Crippen MR) is 83.8 cm³/mol. The van der Waals surface area contributed by atoms with Gasteiger partial charge in [0.1, 0.15) is 0 Å². The summed E-state index contributed by atoms with van der Waals surface area (Å²) in [4.78, 5) is 12.2. The van der Waals surface area contributed by atoms with Crippen LogP contribution in [0.25, 0.3) is 5.69 Å². The molecule has 0 fully saturated rings. The van der Waals surface area contributed by atoms with Gasteiger partial charge in [-0.05, 0) is 24.0 Å². The fraction of sp³-hybridized carbons (Fsp3) is 0.438. The molecule has 0 bridgehead atoms. The maximum absolute atomic E-state index is 12.2. The molecule has 1 amide bonds. The lowest BCUT2D eigenvalue weighted by Crippen LogP contribution is -2.40. The van der Waals surface area contributed by atoms with Gasteiger partial charge in [-0.25, -0.2) is 4.68 Å². The van der Waals surface area contributed by atoms with Gasteiger partial charge in [0.15, 0.2) is 5.69 Å². The normalized spacial score (nSPS) is 12.9. The molecule has 1 atom stereocenters. The van der Waals surface area contributed by atoms with Gasteiger partial charge in [0.2, 0.25) is 0 Å². The Morgan fingerprint density at radius 1 is 1.32 bits per heavy atom. The summed E-state index contributed by atoms with van der Waals surface area (Å²) in [6.45, 7) is 6.09. The Bertz CT molecular complexity index is 617. The molecule has 0 aliphatic heterocycles.